The molecule has 5 heteroatoms. The van der Waals surface area contributed by atoms with Crippen molar-refractivity contribution in [1.82, 2.24) is 14.5 Å². The number of hydrogen-bond donors (Lipinski definition) is 1. The van der Waals surface area contributed by atoms with Crippen molar-refractivity contribution in [2.24, 2.45) is 0 Å². The molecule has 0 aliphatic carbocycles. The van der Waals surface area contributed by atoms with Crippen molar-refractivity contribution in [2.45, 2.75) is 63.8 Å². The number of aryl methyl sites for hydroxylation is 1. The molecule has 27 heavy (non-hydrogen) atoms. The van der Waals surface area contributed by atoms with Crippen LogP contribution < -0.4 is 0 Å². The molecule has 0 atom stereocenters. The lowest BCUT2D eigenvalue weighted by molar-refractivity contribution is 0.422. The van der Waals surface area contributed by atoms with Crippen LogP contribution in [-0.4, -0.2) is 25.4 Å². The molecular formula is C22H29N3OS. The molecule has 0 radical (unpaired) electrons. The Morgan fingerprint density at radius 3 is 2.15 bits per heavy atom. The van der Waals surface area contributed by atoms with Gasteiger partial charge in [-0.1, -0.05) is 41.5 Å². The third kappa shape index (κ3) is 4.46. The van der Waals surface area contributed by atoms with Gasteiger partial charge >= 0.3 is 0 Å². The number of phenolic OH excluding ortho intramolecular Hbond substituents is 1. The lowest BCUT2D eigenvalue weighted by atomic mass is 9.79. The first-order valence-electron chi connectivity index (χ1n) is 9.33. The van der Waals surface area contributed by atoms with Crippen LogP contribution in [0.2, 0.25) is 0 Å². The zero-order valence-electron chi connectivity index (χ0n) is 17.1. The van der Waals surface area contributed by atoms with Gasteiger partial charge in [0.05, 0.1) is 5.69 Å². The Balaban J connectivity index is 1.81. The molecular weight excluding hydrogens is 354 g/mol. The Labute approximate surface area is 166 Å². The van der Waals surface area contributed by atoms with Gasteiger partial charge in [-0.3, -0.25) is 0 Å². The van der Waals surface area contributed by atoms with E-state index in [-0.39, 0.29) is 10.8 Å². The average molecular weight is 384 g/mol. The molecule has 0 aromatic heterocycles. The highest BCUT2D eigenvalue weighted by Gasteiger charge is 2.26. The van der Waals surface area contributed by atoms with Crippen LogP contribution in [0.15, 0.2) is 41.8 Å². The molecule has 3 rings (SSSR count). The van der Waals surface area contributed by atoms with Crippen LogP contribution in [0.4, 0.5) is 0 Å². The third-order valence-corrected chi connectivity index (χ3v) is 5.64. The van der Waals surface area contributed by atoms with Crippen LogP contribution in [0.3, 0.4) is 0 Å². The predicted molar refractivity (Wildman–Crippen MR) is 113 cm³/mol. The average Bonchev–Trinajstić information content (AvgIpc) is 3.01. The smallest absolute Gasteiger partial charge is 0.123 e. The fourth-order valence-electron chi connectivity index (χ4n) is 3.12. The predicted octanol–water partition coefficient (Wildman–Crippen LogP) is 5.48. The molecule has 1 aromatic carbocycles. The lowest BCUT2D eigenvalue weighted by Gasteiger charge is -2.28. The van der Waals surface area contributed by atoms with Gasteiger partial charge in [0.15, 0.2) is 0 Å². The van der Waals surface area contributed by atoms with Crippen LogP contribution in [0.1, 0.15) is 52.7 Å². The first-order valence-corrected chi connectivity index (χ1v) is 10.3. The minimum Gasteiger partial charge on any atom is -0.507 e. The maximum Gasteiger partial charge on any atom is 0.123 e. The second-order valence-corrected chi connectivity index (χ2v) is 10.2. The van der Waals surface area contributed by atoms with Crippen molar-refractivity contribution < 1.29 is 5.11 Å². The van der Waals surface area contributed by atoms with Gasteiger partial charge in [0.2, 0.25) is 0 Å². The van der Waals surface area contributed by atoms with Gasteiger partial charge in [0.1, 0.15) is 17.8 Å². The van der Waals surface area contributed by atoms with Crippen LogP contribution in [0.25, 0.3) is 11.4 Å². The lowest BCUT2D eigenvalue weighted by Crippen LogP contribution is -2.17. The SMILES string of the molecule is CC(C)(C)c1cc(SCCn2ccc3ncnc-3c2)cc(C(C)(C)C)c1O. The first kappa shape index (κ1) is 19.7. The molecule has 0 amide bonds. The maximum absolute atomic E-state index is 10.8. The van der Waals surface area contributed by atoms with E-state index in [0.29, 0.717) is 5.75 Å². The number of hydrogen-bond acceptors (Lipinski definition) is 4. The van der Waals surface area contributed by atoms with Gasteiger partial charge in [0.25, 0.3) is 0 Å². The summed E-state index contributed by atoms with van der Waals surface area (Å²) in [5, 5.41) is 10.8. The fraction of sp³-hybridized carbons (Fsp3) is 0.455. The fourth-order valence-corrected chi connectivity index (χ4v) is 4.06. The second kappa shape index (κ2) is 7.19. The van der Waals surface area contributed by atoms with Gasteiger partial charge in [-0.15, -0.1) is 11.8 Å². The molecule has 2 aliphatic heterocycles. The Morgan fingerprint density at radius 2 is 1.56 bits per heavy atom. The Bertz CT molecular complexity index is 868. The molecule has 0 bridgehead atoms. The monoisotopic (exact) mass is 383 g/mol. The van der Waals surface area contributed by atoms with E-state index in [0.717, 1.165) is 34.8 Å². The maximum atomic E-state index is 10.8. The number of thioether (sulfide) groups is 1. The highest BCUT2D eigenvalue weighted by molar-refractivity contribution is 7.99. The molecule has 0 fully saturated rings. The highest BCUT2D eigenvalue weighted by Crippen LogP contribution is 2.41. The van der Waals surface area contributed by atoms with Crippen molar-refractivity contribution >= 4 is 11.8 Å². The van der Waals surface area contributed by atoms with E-state index in [4.69, 9.17) is 0 Å². The summed E-state index contributed by atoms with van der Waals surface area (Å²) in [6.07, 6.45) is 5.69. The normalized spacial score (nSPS) is 12.7. The van der Waals surface area contributed by atoms with Gasteiger partial charge in [-0.05, 0) is 29.0 Å². The van der Waals surface area contributed by atoms with Crippen molar-refractivity contribution in [3.8, 4) is 17.1 Å². The number of aromatic nitrogens is 3. The molecule has 1 aromatic rings. The first-order chi connectivity index (χ1) is 12.6. The topological polar surface area (TPSA) is 50.9 Å². The summed E-state index contributed by atoms with van der Waals surface area (Å²) < 4.78 is 2.15. The molecule has 0 saturated heterocycles. The molecule has 2 heterocycles. The van der Waals surface area contributed by atoms with E-state index < -0.39 is 0 Å². The van der Waals surface area contributed by atoms with E-state index in [1.807, 2.05) is 24.0 Å². The van der Waals surface area contributed by atoms with Crippen LogP contribution in [0.5, 0.6) is 5.75 Å². The zero-order chi connectivity index (χ0) is 19.8. The van der Waals surface area contributed by atoms with Crippen molar-refractivity contribution in [1.29, 1.82) is 0 Å². The summed E-state index contributed by atoms with van der Waals surface area (Å²) in [6, 6.07) is 6.29. The van der Waals surface area contributed by atoms with Gasteiger partial charge in [0, 0.05) is 40.7 Å². The Morgan fingerprint density at radius 1 is 0.963 bits per heavy atom. The minimum absolute atomic E-state index is 0.100. The van der Waals surface area contributed by atoms with E-state index >= 15 is 0 Å². The zero-order valence-corrected chi connectivity index (χ0v) is 17.9. The van der Waals surface area contributed by atoms with Crippen LogP contribution in [-0.2, 0) is 17.4 Å². The summed E-state index contributed by atoms with van der Waals surface area (Å²) in [5.41, 5.74) is 3.68. The summed E-state index contributed by atoms with van der Waals surface area (Å²) >= 11 is 1.82. The van der Waals surface area contributed by atoms with Crippen LogP contribution >= 0.6 is 11.8 Å². The molecule has 2 aliphatic rings. The van der Waals surface area contributed by atoms with Crippen LogP contribution in [0, 0.1) is 0 Å². The number of rotatable bonds is 4. The summed E-state index contributed by atoms with van der Waals surface area (Å²) in [5.74, 6) is 1.39. The molecule has 4 nitrogen and oxygen atoms in total. The largest absolute Gasteiger partial charge is 0.507 e. The number of benzene rings is 1. The number of phenols is 1. The van der Waals surface area contributed by atoms with Gasteiger partial charge < -0.3 is 9.67 Å². The molecule has 0 unspecified atom stereocenters. The summed E-state index contributed by atoms with van der Waals surface area (Å²) in [7, 11) is 0. The Kier molecular flexibility index (Phi) is 5.26. The van der Waals surface area contributed by atoms with Gasteiger partial charge in [-0.2, -0.15) is 0 Å². The highest BCUT2D eigenvalue weighted by atomic mass is 32.2. The number of fused-ring (bicyclic) bond motifs is 1. The number of aromatic hydroxyl groups is 1. The quantitative estimate of drug-likeness (QED) is 0.607. The van der Waals surface area contributed by atoms with E-state index in [2.05, 4.69) is 74.4 Å². The van der Waals surface area contributed by atoms with Crippen molar-refractivity contribution in [3.05, 3.63) is 48.0 Å². The number of nitrogens with zero attached hydrogens (tertiary/aromatic N) is 3. The molecule has 1 N–H and O–H groups in total. The van der Waals surface area contributed by atoms with E-state index in [9.17, 15) is 5.11 Å². The summed E-state index contributed by atoms with van der Waals surface area (Å²) in [4.78, 5) is 9.68. The molecule has 144 valence electrons. The molecule has 0 spiro atoms. The third-order valence-electron chi connectivity index (χ3n) is 4.69. The van der Waals surface area contributed by atoms with Crippen molar-refractivity contribution in [3.63, 3.8) is 0 Å². The minimum atomic E-state index is -0.100. The number of imidazole rings is 1. The van der Waals surface area contributed by atoms with E-state index in [1.165, 1.54) is 4.90 Å². The van der Waals surface area contributed by atoms with Crippen molar-refractivity contribution in [2.75, 3.05) is 5.75 Å². The van der Waals surface area contributed by atoms with Gasteiger partial charge in [-0.25, -0.2) is 9.97 Å². The number of pyridine rings is 1. The Hall–Kier alpha value is -2.01. The summed E-state index contributed by atoms with van der Waals surface area (Å²) in [6.45, 7) is 13.8. The second-order valence-electron chi connectivity index (χ2n) is 9.04. The standard InChI is InChI=1S/C22H29N3OS/c1-21(2,3)16-11-15(12-17(20(16)26)22(4,5)6)27-10-9-25-8-7-18-19(13-25)24-14-23-18/h7-8,11-14,26H,9-10H2,1-6H3. The van der Waals surface area contributed by atoms with E-state index in [1.54, 1.807) is 6.33 Å². The molecule has 0 saturated carbocycles.